The minimum atomic E-state index is -3.78. The molecule has 0 spiro atoms. The minimum Gasteiger partial charge on any atom is -0.379 e. The van der Waals surface area contributed by atoms with Gasteiger partial charge in [0.05, 0.1) is 24.2 Å². The van der Waals surface area contributed by atoms with E-state index in [0.29, 0.717) is 19.8 Å². The van der Waals surface area contributed by atoms with E-state index in [4.69, 9.17) is 27.9 Å². The van der Waals surface area contributed by atoms with Crippen molar-refractivity contribution in [3.63, 3.8) is 0 Å². The fourth-order valence-electron chi connectivity index (χ4n) is 2.88. The van der Waals surface area contributed by atoms with Crippen molar-refractivity contribution in [2.75, 3.05) is 32.8 Å². The number of rotatable bonds is 6. The van der Waals surface area contributed by atoms with Gasteiger partial charge >= 0.3 is 0 Å². The number of sulfonamides is 1. The van der Waals surface area contributed by atoms with E-state index < -0.39 is 16.1 Å². The van der Waals surface area contributed by atoms with Crippen LogP contribution in [0, 0.1) is 0 Å². The summed E-state index contributed by atoms with van der Waals surface area (Å²) in [5, 5.41) is 0.560. The second-order valence-electron chi connectivity index (χ2n) is 6.10. The molecule has 1 N–H and O–H groups in total. The molecule has 1 heterocycles. The first kappa shape index (κ1) is 19.6. The van der Waals surface area contributed by atoms with Crippen LogP contribution >= 0.6 is 23.2 Å². The molecule has 8 heteroatoms. The highest BCUT2D eigenvalue weighted by atomic mass is 35.5. The molecule has 1 aliphatic rings. The Bertz CT molecular complexity index is 821. The average Bonchev–Trinajstić information content (AvgIpc) is 2.62. The molecule has 2 aromatic carbocycles. The SMILES string of the molecule is O=S(=O)(NC(CN1CCOCC1)c1ccccc1)c1cc(Cl)cc(Cl)c1. The Labute approximate surface area is 163 Å². The first-order valence-electron chi connectivity index (χ1n) is 8.27. The lowest BCUT2D eigenvalue weighted by Gasteiger charge is -2.31. The standard InChI is InChI=1S/C18H20Cl2N2O3S/c19-15-10-16(20)12-17(11-15)26(23,24)21-18(14-4-2-1-3-5-14)13-22-6-8-25-9-7-22/h1-5,10-12,18,21H,6-9,13H2. The van der Waals surface area contributed by atoms with Crippen LogP contribution in [0.4, 0.5) is 0 Å². The largest absolute Gasteiger partial charge is 0.379 e. The van der Waals surface area contributed by atoms with Crippen LogP contribution < -0.4 is 4.72 Å². The molecule has 0 saturated carbocycles. The zero-order chi connectivity index (χ0) is 18.6. The molecule has 1 unspecified atom stereocenters. The fourth-order valence-corrected chi connectivity index (χ4v) is 4.82. The van der Waals surface area contributed by atoms with Crippen molar-refractivity contribution in [2.45, 2.75) is 10.9 Å². The fraction of sp³-hybridized carbons (Fsp3) is 0.333. The molecule has 0 amide bonds. The normalized spacial score (nSPS) is 17.2. The topological polar surface area (TPSA) is 58.6 Å². The van der Waals surface area contributed by atoms with Crippen molar-refractivity contribution in [3.8, 4) is 0 Å². The molecule has 26 heavy (non-hydrogen) atoms. The molecule has 0 aliphatic carbocycles. The van der Waals surface area contributed by atoms with Crippen molar-refractivity contribution >= 4 is 33.2 Å². The predicted molar refractivity (Wildman–Crippen MR) is 103 cm³/mol. The molecule has 0 aromatic heterocycles. The van der Waals surface area contributed by atoms with Crippen molar-refractivity contribution in [3.05, 3.63) is 64.1 Å². The Balaban J connectivity index is 1.86. The number of halogens is 2. The number of nitrogens with one attached hydrogen (secondary N) is 1. The van der Waals surface area contributed by atoms with Gasteiger partial charge in [0.1, 0.15) is 0 Å². The number of hydrogen-bond donors (Lipinski definition) is 1. The summed E-state index contributed by atoms with van der Waals surface area (Å²) in [6, 6.07) is 13.4. The van der Waals surface area contributed by atoms with Crippen LogP contribution in [-0.2, 0) is 14.8 Å². The zero-order valence-electron chi connectivity index (χ0n) is 14.1. The third kappa shape index (κ3) is 5.19. The first-order chi connectivity index (χ1) is 12.4. The lowest BCUT2D eigenvalue weighted by Crippen LogP contribution is -2.43. The van der Waals surface area contributed by atoms with Gasteiger partial charge in [0.15, 0.2) is 0 Å². The van der Waals surface area contributed by atoms with E-state index in [2.05, 4.69) is 9.62 Å². The van der Waals surface area contributed by atoms with Gasteiger partial charge in [-0.2, -0.15) is 0 Å². The minimum absolute atomic E-state index is 0.0536. The van der Waals surface area contributed by atoms with Crippen molar-refractivity contribution in [1.29, 1.82) is 0 Å². The average molecular weight is 415 g/mol. The van der Waals surface area contributed by atoms with Gasteiger partial charge in [0, 0.05) is 29.7 Å². The number of morpholine rings is 1. The molecule has 1 aliphatic heterocycles. The maximum atomic E-state index is 12.9. The lowest BCUT2D eigenvalue weighted by molar-refractivity contribution is 0.0345. The smallest absolute Gasteiger partial charge is 0.241 e. The van der Waals surface area contributed by atoms with Crippen LogP contribution in [0.3, 0.4) is 0 Å². The molecule has 3 rings (SSSR count). The van der Waals surface area contributed by atoms with Gasteiger partial charge in [-0.3, -0.25) is 4.90 Å². The molecule has 0 bridgehead atoms. The Hall–Kier alpha value is -1.15. The van der Waals surface area contributed by atoms with E-state index in [1.807, 2.05) is 30.3 Å². The maximum absolute atomic E-state index is 12.9. The van der Waals surface area contributed by atoms with Gasteiger partial charge in [-0.25, -0.2) is 13.1 Å². The predicted octanol–water partition coefficient (Wildman–Crippen LogP) is 3.35. The zero-order valence-corrected chi connectivity index (χ0v) is 16.4. The summed E-state index contributed by atoms with van der Waals surface area (Å²) in [5.41, 5.74) is 0.899. The van der Waals surface area contributed by atoms with Crippen LogP contribution in [0.1, 0.15) is 11.6 Å². The highest BCUT2D eigenvalue weighted by molar-refractivity contribution is 7.89. The van der Waals surface area contributed by atoms with Crippen LogP contribution in [-0.4, -0.2) is 46.2 Å². The van der Waals surface area contributed by atoms with E-state index in [1.54, 1.807) is 0 Å². The molecule has 1 saturated heterocycles. The Morgan fingerprint density at radius 1 is 1.04 bits per heavy atom. The van der Waals surface area contributed by atoms with Crippen LogP contribution in [0.15, 0.2) is 53.4 Å². The van der Waals surface area contributed by atoms with Crippen molar-refractivity contribution in [2.24, 2.45) is 0 Å². The lowest BCUT2D eigenvalue weighted by atomic mass is 10.1. The monoisotopic (exact) mass is 414 g/mol. The van der Waals surface area contributed by atoms with Gasteiger partial charge < -0.3 is 4.74 Å². The van der Waals surface area contributed by atoms with Gasteiger partial charge in [-0.15, -0.1) is 0 Å². The Morgan fingerprint density at radius 2 is 1.65 bits per heavy atom. The quantitative estimate of drug-likeness (QED) is 0.786. The highest BCUT2D eigenvalue weighted by Crippen LogP contribution is 2.24. The number of benzene rings is 2. The summed E-state index contributed by atoms with van der Waals surface area (Å²) < 4.78 is 34.0. The Kier molecular flexibility index (Phi) is 6.55. The van der Waals surface area contributed by atoms with Crippen molar-refractivity contribution in [1.82, 2.24) is 9.62 Å². The van der Waals surface area contributed by atoms with Gasteiger partial charge in [-0.1, -0.05) is 53.5 Å². The molecule has 5 nitrogen and oxygen atoms in total. The van der Waals surface area contributed by atoms with E-state index in [9.17, 15) is 8.42 Å². The summed E-state index contributed by atoms with van der Waals surface area (Å²) >= 11 is 11.9. The van der Waals surface area contributed by atoms with Crippen molar-refractivity contribution < 1.29 is 13.2 Å². The van der Waals surface area contributed by atoms with Crippen LogP contribution in [0.5, 0.6) is 0 Å². The molecule has 1 fully saturated rings. The number of ether oxygens (including phenoxy) is 1. The molecular weight excluding hydrogens is 395 g/mol. The summed E-state index contributed by atoms with van der Waals surface area (Å²) in [7, 11) is -3.78. The molecule has 1 atom stereocenters. The van der Waals surface area contributed by atoms with E-state index in [1.165, 1.54) is 18.2 Å². The number of hydrogen-bond acceptors (Lipinski definition) is 4. The third-order valence-corrected chi connectivity index (χ3v) is 6.08. The summed E-state index contributed by atoms with van der Waals surface area (Å²) in [4.78, 5) is 2.24. The third-order valence-electron chi connectivity index (χ3n) is 4.19. The van der Waals surface area contributed by atoms with Gasteiger partial charge in [-0.05, 0) is 23.8 Å². The second kappa shape index (κ2) is 8.69. The van der Waals surface area contributed by atoms with Crippen LogP contribution in [0.25, 0.3) is 0 Å². The van der Waals surface area contributed by atoms with E-state index >= 15 is 0 Å². The van der Waals surface area contributed by atoms with E-state index in [0.717, 1.165) is 18.7 Å². The number of nitrogens with zero attached hydrogens (tertiary/aromatic N) is 1. The molecule has 0 radical (unpaired) electrons. The summed E-state index contributed by atoms with van der Waals surface area (Å²) in [6.45, 7) is 3.40. The highest BCUT2D eigenvalue weighted by Gasteiger charge is 2.25. The molecular formula is C18H20Cl2N2O3S. The van der Waals surface area contributed by atoms with Crippen LogP contribution in [0.2, 0.25) is 10.0 Å². The summed E-state index contributed by atoms with van der Waals surface area (Å²) in [6.07, 6.45) is 0. The van der Waals surface area contributed by atoms with E-state index in [-0.39, 0.29) is 14.9 Å². The molecule has 140 valence electrons. The molecule has 2 aromatic rings. The second-order valence-corrected chi connectivity index (χ2v) is 8.69. The van der Waals surface area contributed by atoms with Gasteiger partial charge in [0.2, 0.25) is 10.0 Å². The Morgan fingerprint density at radius 3 is 2.27 bits per heavy atom. The van der Waals surface area contributed by atoms with Gasteiger partial charge in [0.25, 0.3) is 0 Å². The maximum Gasteiger partial charge on any atom is 0.241 e. The first-order valence-corrected chi connectivity index (χ1v) is 10.5. The summed E-state index contributed by atoms with van der Waals surface area (Å²) in [5.74, 6) is 0.